The Kier molecular flexibility index (Phi) is 5.29. The maximum atomic E-state index is 12.2. The molecule has 0 aliphatic heterocycles. The molecule has 1 amide bonds. The first-order valence-electron chi connectivity index (χ1n) is 6.16. The first kappa shape index (κ1) is 15.9. The van der Waals surface area contributed by atoms with Gasteiger partial charge in [-0.15, -0.1) is 0 Å². The predicted molar refractivity (Wildman–Crippen MR) is 90.2 cm³/mol. The highest BCUT2D eigenvalue weighted by Crippen LogP contribution is 2.32. The molecule has 2 rings (SSSR count). The average Bonchev–Trinajstić information content (AvgIpc) is 2.45. The fourth-order valence-corrected chi connectivity index (χ4v) is 2.30. The summed E-state index contributed by atoms with van der Waals surface area (Å²) in [6, 6.07) is 12.6. The van der Waals surface area contributed by atoms with Crippen molar-refractivity contribution in [3.8, 4) is 0 Å². The van der Waals surface area contributed by atoms with Crippen LogP contribution in [0.3, 0.4) is 0 Å². The van der Waals surface area contributed by atoms with Crippen LogP contribution in [0, 0.1) is 0 Å². The zero-order valence-electron chi connectivity index (χ0n) is 11.2. The molecule has 0 aliphatic carbocycles. The van der Waals surface area contributed by atoms with Gasteiger partial charge in [0.25, 0.3) is 5.91 Å². The van der Waals surface area contributed by atoms with E-state index in [9.17, 15) is 4.79 Å². The van der Waals surface area contributed by atoms with E-state index in [1.807, 2.05) is 30.3 Å². The summed E-state index contributed by atoms with van der Waals surface area (Å²) in [5.41, 5.74) is 1.94. The Hall–Kier alpha value is -1.48. The topological polar surface area (TPSA) is 29.1 Å². The van der Waals surface area contributed by atoms with Gasteiger partial charge in [-0.1, -0.05) is 65.1 Å². The molecule has 108 valence electrons. The molecule has 0 radical (unpaired) electrons. The number of carbonyl (C=O) groups is 1. The molecule has 0 spiro atoms. The van der Waals surface area contributed by atoms with E-state index in [4.69, 9.17) is 34.8 Å². The van der Waals surface area contributed by atoms with E-state index < -0.39 is 0 Å². The molecule has 0 atom stereocenters. The van der Waals surface area contributed by atoms with Gasteiger partial charge >= 0.3 is 0 Å². The number of rotatable bonds is 3. The van der Waals surface area contributed by atoms with Gasteiger partial charge in [0.1, 0.15) is 0 Å². The van der Waals surface area contributed by atoms with Gasteiger partial charge in [0.05, 0.1) is 20.8 Å². The van der Waals surface area contributed by atoms with Crippen LogP contribution in [0.25, 0.3) is 6.08 Å². The Balaban J connectivity index is 2.18. The van der Waals surface area contributed by atoms with Gasteiger partial charge in [0.2, 0.25) is 0 Å². The van der Waals surface area contributed by atoms with E-state index in [0.717, 1.165) is 5.56 Å². The molecule has 0 aliphatic rings. The summed E-state index contributed by atoms with van der Waals surface area (Å²) >= 11 is 17.8. The van der Waals surface area contributed by atoms with Gasteiger partial charge in [-0.3, -0.25) is 4.79 Å². The number of benzene rings is 2. The fourth-order valence-electron chi connectivity index (χ4n) is 1.70. The van der Waals surface area contributed by atoms with Crippen LogP contribution < -0.4 is 5.32 Å². The number of amides is 1. The maximum Gasteiger partial charge on any atom is 0.251 e. The maximum absolute atomic E-state index is 12.2. The lowest BCUT2D eigenvalue weighted by atomic mass is 10.1. The van der Waals surface area contributed by atoms with Crippen LogP contribution in [0.2, 0.25) is 15.1 Å². The summed E-state index contributed by atoms with van der Waals surface area (Å²) in [6.45, 7) is 1.73. The van der Waals surface area contributed by atoms with Gasteiger partial charge < -0.3 is 5.32 Å². The third-order valence-electron chi connectivity index (χ3n) is 2.80. The molecule has 0 fully saturated rings. The summed E-state index contributed by atoms with van der Waals surface area (Å²) in [5, 5.41) is 3.73. The number of hydrogen-bond acceptors (Lipinski definition) is 1. The molecule has 0 heterocycles. The molecule has 2 aromatic carbocycles. The Morgan fingerprint density at radius 1 is 1.00 bits per heavy atom. The molecule has 0 saturated carbocycles. The first-order chi connectivity index (χ1) is 9.97. The highest BCUT2D eigenvalue weighted by atomic mass is 35.5. The van der Waals surface area contributed by atoms with Crippen molar-refractivity contribution in [1.82, 2.24) is 0 Å². The van der Waals surface area contributed by atoms with E-state index in [1.165, 1.54) is 12.1 Å². The number of halogens is 3. The number of nitrogens with one attached hydrogen (secondary N) is 1. The second-order valence-electron chi connectivity index (χ2n) is 4.44. The zero-order valence-corrected chi connectivity index (χ0v) is 13.4. The number of carbonyl (C=O) groups excluding carboxylic acids is 1. The molecule has 2 nitrogen and oxygen atoms in total. The van der Waals surface area contributed by atoms with Gasteiger partial charge in [-0.05, 0) is 30.7 Å². The van der Waals surface area contributed by atoms with E-state index in [1.54, 1.807) is 13.0 Å². The van der Waals surface area contributed by atoms with Crippen molar-refractivity contribution in [3.05, 3.63) is 68.7 Å². The smallest absolute Gasteiger partial charge is 0.251 e. The van der Waals surface area contributed by atoms with E-state index in [-0.39, 0.29) is 5.91 Å². The van der Waals surface area contributed by atoms with Crippen LogP contribution in [0.15, 0.2) is 48.0 Å². The number of anilines is 1. The lowest BCUT2D eigenvalue weighted by Gasteiger charge is -2.09. The lowest BCUT2D eigenvalue weighted by molar-refractivity contribution is -0.112. The minimum atomic E-state index is -0.251. The Bertz CT molecular complexity index is 696. The molecule has 0 aromatic heterocycles. The van der Waals surface area contributed by atoms with Crippen molar-refractivity contribution in [2.75, 3.05) is 5.32 Å². The zero-order chi connectivity index (χ0) is 15.4. The SMILES string of the molecule is C/C(=C\c1ccccc1)C(=O)Nc1cc(Cl)c(Cl)cc1Cl. The molecule has 1 N–H and O–H groups in total. The van der Waals surface area contributed by atoms with Crippen molar-refractivity contribution in [2.24, 2.45) is 0 Å². The molecule has 5 heteroatoms. The van der Waals surface area contributed by atoms with Crippen LogP contribution in [-0.2, 0) is 4.79 Å². The van der Waals surface area contributed by atoms with E-state index in [2.05, 4.69) is 5.32 Å². The second kappa shape index (κ2) is 6.99. The molecule has 2 aromatic rings. The summed E-state index contributed by atoms with van der Waals surface area (Å²) in [4.78, 5) is 12.2. The van der Waals surface area contributed by atoms with Crippen LogP contribution >= 0.6 is 34.8 Å². The summed E-state index contributed by atoms with van der Waals surface area (Å²) in [5.74, 6) is -0.251. The van der Waals surface area contributed by atoms with Gasteiger partial charge in [-0.25, -0.2) is 0 Å². The van der Waals surface area contributed by atoms with Gasteiger partial charge in [-0.2, -0.15) is 0 Å². The first-order valence-corrected chi connectivity index (χ1v) is 7.30. The highest BCUT2D eigenvalue weighted by molar-refractivity contribution is 6.44. The van der Waals surface area contributed by atoms with E-state index in [0.29, 0.717) is 26.3 Å². The molecule has 0 saturated heterocycles. The minimum absolute atomic E-state index is 0.251. The number of hydrogen-bond donors (Lipinski definition) is 1. The molecule has 21 heavy (non-hydrogen) atoms. The van der Waals surface area contributed by atoms with Crippen molar-refractivity contribution >= 4 is 52.5 Å². The summed E-state index contributed by atoms with van der Waals surface area (Å²) < 4.78 is 0. The quantitative estimate of drug-likeness (QED) is 0.564. The Morgan fingerprint density at radius 3 is 2.29 bits per heavy atom. The molecule has 0 unspecified atom stereocenters. The largest absolute Gasteiger partial charge is 0.321 e. The highest BCUT2D eigenvalue weighted by Gasteiger charge is 2.10. The Labute approximate surface area is 138 Å². The lowest BCUT2D eigenvalue weighted by Crippen LogP contribution is -2.12. The van der Waals surface area contributed by atoms with Gasteiger partial charge in [0.15, 0.2) is 0 Å². The fraction of sp³-hybridized carbons (Fsp3) is 0.0625. The normalized spacial score (nSPS) is 11.3. The predicted octanol–water partition coefficient (Wildman–Crippen LogP) is 5.69. The third-order valence-corrected chi connectivity index (χ3v) is 3.83. The molecular formula is C16H12Cl3NO. The average molecular weight is 341 g/mol. The van der Waals surface area contributed by atoms with Crippen molar-refractivity contribution in [3.63, 3.8) is 0 Å². The van der Waals surface area contributed by atoms with Crippen LogP contribution in [0.5, 0.6) is 0 Å². The third kappa shape index (κ3) is 4.24. The van der Waals surface area contributed by atoms with Crippen molar-refractivity contribution in [2.45, 2.75) is 6.92 Å². The second-order valence-corrected chi connectivity index (χ2v) is 5.66. The van der Waals surface area contributed by atoms with Crippen LogP contribution in [0.4, 0.5) is 5.69 Å². The molecule has 0 bridgehead atoms. The van der Waals surface area contributed by atoms with Gasteiger partial charge in [0, 0.05) is 5.57 Å². The molecular weight excluding hydrogens is 329 g/mol. The van der Waals surface area contributed by atoms with Crippen molar-refractivity contribution in [1.29, 1.82) is 0 Å². The van der Waals surface area contributed by atoms with Crippen LogP contribution in [-0.4, -0.2) is 5.91 Å². The van der Waals surface area contributed by atoms with Crippen molar-refractivity contribution < 1.29 is 4.79 Å². The summed E-state index contributed by atoms with van der Waals surface area (Å²) in [7, 11) is 0. The Morgan fingerprint density at radius 2 is 1.62 bits per heavy atom. The van der Waals surface area contributed by atoms with Crippen LogP contribution in [0.1, 0.15) is 12.5 Å². The van der Waals surface area contributed by atoms with E-state index >= 15 is 0 Å². The summed E-state index contributed by atoms with van der Waals surface area (Å²) in [6.07, 6.45) is 1.79. The monoisotopic (exact) mass is 339 g/mol. The standard InChI is InChI=1S/C16H12Cl3NO/c1-10(7-11-5-3-2-4-6-11)16(21)20-15-9-13(18)12(17)8-14(15)19/h2-9H,1H3,(H,20,21)/b10-7+. The minimum Gasteiger partial charge on any atom is -0.321 e.